The van der Waals surface area contributed by atoms with Gasteiger partial charge in [-0.15, -0.1) is 11.3 Å². The SMILES string of the molecule is C[C@@]1(c2ccc(F)c(F)c2)N=C(c2nccs2)NC(CN2CC(F)(F)C[C@@H]2OC(=O)O)=C1C#N. The van der Waals surface area contributed by atoms with Crippen LogP contribution >= 0.6 is 11.3 Å². The smallest absolute Gasteiger partial charge is 0.450 e. The van der Waals surface area contributed by atoms with Gasteiger partial charge in [0.2, 0.25) is 0 Å². The Morgan fingerprint density at radius 3 is 2.79 bits per heavy atom. The maximum atomic E-state index is 14.1. The molecule has 0 aliphatic carbocycles. The fourth-order valence-electron chi connectivity index (χ4n) is 3.99. The predicted molar refractivity (Wildman–Crippen MR) is 112 cm³/mol. The molecular formula is C21H17F4N5O3S. The summed E-state index contributed by atoms with van der Waals surface area (Å²) in [5, 5.41) is 24.0. The molecule has 1 fully saturated rings. The number of nitrogens with zero attached hydrogens (tertiary/aromatic N) is 4. The number of rotatable bonds is 5. The van der Waals surface area contributed by atoms with Crippen molar-refractivity contribution in [2.45, 2.75) is 31.0 Å². The number of likely N-dealkylation sites (tertiary alicyclic amines) is 1. The molecule has 3 heterocycles. The lowest BCUT2D eigenvalue weighted by atomic mass is 9.82. The summed E-state index contributed by atoms with van der Waals surface area (Å²) in [6.07, 6.45) is -2.49. The third-order valence-electron chi connectivity index (χ3n) is 5.53. The molecule has 1 aromatic carbocycles. The van der Waals surface area contributed by atoms with Crippen LogP contribution in [0.25, 0.3) is 0 Å². The number of aromatic nitrogens is 1. The minimum absolute atomic E-state index is 0.0388. The van der Waals surface area contributed by atoms with Gasteiger partial charge in [-0.2, -0.15) is 5.26 Å². The minimum atomic E-state index is -3.21. The van der Waals surface area contributed by atoms with E-state index in [1.807, 2.05) is 6.07 Å². The average Bonchev–Trinajstić information content (AvgIpc) is 3.37. The van der Waals surface area contributed by atoms with E-state index < -0.39 is 48.4 Å². The second-order valence-corrected chi connectivity index (χ2v) is 8.79. The van der Waals surface area contributed by atoms with Crippen molar-refractivity contribution < 1.29 is 32.2 Å². The molecule has 4 rings (SSSR count). The number of hydrogen-bond donors (Lipinski definition) is 2. The van der Waals surface area contributed by atoms with E-state index >= 15 is 0 Å². The van der Waals surface area contributed by atoms with Gasteiger partial charge in [0, 0.05) is 23.8 Å². The van der Waals surface area contributed by atoms with Crippen LogP contribution in [0.2, 0.25) is 0 Å². The molecule has 0 saturated carbocycles. The standard InChI is InChI=1S/C21H17F4N5O3S/c1-20(11-2-3-13(22)14(23)6-11)12(8-26)15(28-17(29-20)18-27-4-5-34-18)9-30-10-21(24,25)7-16(30)33-19(31)32/h2-6,16H,7,9-10H2,1H3,(H,28,29)(H,31,32)/t16-,20-/m0/s1. The number of amidine groups is 1. The van der Waals surface area contributed by atoms with Gasteiger partial charge in [-0.25, -0.2) is 32.3 Å². The van der Waals surface area contributed by atoms with Crippen LogP contribution in [0.4, 0.5) is 22.4 Å². The van der Waals surface area contributed by atoms with Crippen LogP contribution in [0.1, 0.15) is 23.9 Å². The Bertz CT molecular complexity index is 1230. The molecule has 178 valence electrons. The maximum Gasteiger partial charge on any atom is 0.507 e. The summed E-state index contributed by atoms with van der Waals surface area (Å²) in [6, 6.07) is 5.10. The van der Waals surface area contributed by atoms with Gasteiger partial charge >= 0.3 is 6.16 Å². The minimum Gasteiger partial charge on any atom is -0.450 e. The number of aliphatic imine (C=N–C) groups is 1. The molecule has 13 heteroatoms. The molecule has 8 nitrogen and oxygen atoms in total. The quantitative estimate of drug-likeness (QED) is 0.479. The highest BCUT2D eigenvalue weighted by Crippen LogP contribution is 2.40. The fraction of sp³-hybridized carbons (Fsp3) is 0.333. The fourth-order valence-corrected chi connectivity index (χ4v) is 4.57. The van der Waals surface area contributed by atoms with Crippen molar-refractivity contribution >= 4 is 23.3 Å². The van der Waals surface area contributed by atoms with Crippen LogP contribution in [0.5, 0.6) is 0 Å². The molecule has 2 aliphatic rings. The maximum absolute atomic E-state index is 14.1. The number of ether oxygens (including phenoxy) is 1. The van der Waals surface area contributed by atoms with E-state index in [0.29, 0.717) is 5.01 Å². The monoisotopic (exact) mass is 495 g/mol. The largest absolute Gasteiger partial charge is 0.507 e. The lowest BCUT2D eigenvalue weighted by Crippen LogP contribution is -2.44. The van der Waals surface area contributed by atoms with E-state index in [1.54, 1.807) is 5.38 Å². The van der Waals surface area contributed by atoms with Crippen molar-refractivity contribution in [1.82, 2.24) is 15.2 Å². The number of alkyl halides is 2. The molecule has 2 aliphatic heterocycles. The van der Waals surface area contributed by atoms with Gasteiger partial charge in [-0.05, 0) is 24.6 Å². The van der Waals surface area contributed by atoms with Gasteiger partial charge < -0.3 is 15.2 Å². The number of carboxylic acid groups (broad SMARTS) is 1. The van der Waals surface area contributed by atoms with Gasteiger partial charge in [0.05, 0.1) is 24.6 Å². The molecule has 0 radical (unpaired) electrons. The number of hydrogen-bond acceptors (Lipinski definition) is 8. The van der Waals surface area contributed by atoms with Crippen molar-refractivity contribution in [3.63, 3.8) is 0 Å². The van der Waals surface area contributed by atoms with E-state index in [0.717, 1.165) is 17.0 Å². The molecular weight excluding hydrogens is 478 g/mol. The van der Waals surface area contributed by atoms with Gasteiger partial charge in [0.1, 0.15) is 5.54 Å². The van der Waals surface area contributed by atoms with E-state index in [2.05, 4.69) is 20.0 Å². The first-order chi connectivity index (χ1) is 16.0. The summed E-state index contributed by atoms with van der Waals surface area (Å²) >= 11 is 1.21. The summed E-state index contributed by atoms with van der Waals surface area (Å²) in [7, 11) is 0. The molecule has 1 saturated heterocycles. The van der Waals surface area contributed by atoms with Crippen LogP contribution in [0, 0.1) is 23.0 Å². The number of nitriles is 1. The lowest BCUT2D eigenvalue weighted by Gasteiger charge is -2.35. The molecule has 34 heavy (non-hydrogen) atoms. The number of halogens is 4. The number of carbonyl (C=O) groups is 1. The van der Waals surface area contributed by atoms with E-state index in [-0.39, 0.29) is 29.2 Å². The third-order valence-corrected chi connectivity index (χ3v) is 6.31. The summed E-state index contributed by atoms with van der Waals surface area (Å²) < 4.78 is 60.5. The Labute approximate surface area is 194 Å². The Hall–Kier alpha value is -3.50. The number of benzene rings is 1. The Morgan fingerprint density at radius 1 is 1.41 bits per heavy atom. The van der Waals surface area contributed by atoms with E-state index in [1.165, 1.54) is 30.5 Å². The summed E-state index contributed by atoms with van der Waals surface area (Å²) in [4.78, 5) is 20.8. The normalized spacial score (nSPS) is 24.4. The highest BCUT2D eigenvalue weighted by atomic mass is 32.1. The number of thiazole rings is 1. The van der Waals surface area contributed by atoms with E-state index in [9.17, 15) is 27.6 Å². The molecule has 0 spiro atoms. The first-order valence-electron chi connectivity index (χ1n) is 9.90. The highest BCUT2D eigenvalue weighted by Gasteiger charge is 2.48. The molecule has 0 amide bonds. The van der Waals surface area contributed by atoms with Gasteiger partial charge in [0.15, 0.2) is 28.7 Å². The average molecular weight is 495 g/mol. The van der Waals surface area contributed by atoms with Gasteiger partial charge in [-0.1, -0.05) is 6.07 Å². The van der Waals surface area contributed by atoms with Crippen LogP contribution in [-0.4, -0.2) is 52.2 Å². The van der Waals surface area contributed by atoms with Crippen molar-refractivity contribution in [2.24, 2.45) is 4.99 Å². The summed E-state index contributed by atoms with van der Waals surface area (Å²) in [5.74, 6) is -5.24. The molecule has 0 unspecified atom stereocenters. The van der Waals surface area contributed by atoms with Gasteiger partial charge in [0.25, 0.3) is 5.92 Å². The van der Waals surface area contributed by atoms with Crippen LogP contribution in [0.15, 0.2) is 46.0 Å². The van der Waals surface area contributed by atoms with Crippen molar-refractivity contribution in [3.05, 3.63) is 63.3 Å². The Balaban J connectivity index is 1.80. The highest BCUT2D eigenvalue weighted by molar-refractivity contribution is 7.11. The van der Waals surface area contributed by atoms with Crippen molar-refractivity contribution in [1.29, 1.82) is 5.26 Å². The first kappa shape index (κ1) is 23.7. The summed E-state index contributed by atoms with van der Waals surface area (Å²) in [6.45, 7) is 0.386. The Morgan fingerprint density at radius 2 is 2.18 bits per heavy atom. The molecule has 2 N–H and O–H groups in total. The molecule has 2 aromatic rings. The molecule has 1 aromatic heterocycles. The zero-order valence-corrected chi connectivity index (χ0v) is 18.4. The second-order valence-electron chi connectivity index (χ2n) is 7.89. The third kappa shape index (κ3) is 4.46. The zero-order valence-electron chi connectivity index (χ0n) is 17.6. The topological polar surface area (TPSA) is 111 Å². The van der Waals surface area contributed by atoms with Crippen molar-refractivity contribution in [3.8, 4) is 6.07 Å². The van der Waals surface area contributed by atoms with Crippen LogP contribution in [0.3, 0.4) is 0 Å². The van der Waals surface area contributed by atoms with Crippen molar-refractivity contribution in [2.75, 3.05) is 13.1 Å². The van der Waals surface area contributed by atoms with E-state index in [4.69, 9.17) is 5.11 Å². The van der Waals surface area contributed by atoms with Gasteiger partial charge in [-0.3, -0.25) is 4.90 Å². The predicted octanol–water partition coefficient (Wildman–Crippen LogP) is 3.83. The van der Waals surface area contributed by atoms with Crippen LogP contribution < -0.4 is 5.32 Å². The first-order valence-corrected chi connectivity index (χ1v) is 10.8. The molecule has 2 atom stereocenters. The summed E-state index contributed by atoms with van der Waals surface area (Å²) in [5.41, 5.74) is -1.27. The zero-order chi connectivity index (χ0) is 24.7. The lowest BCUT2D eigenvalue weighted by molar-refractivity contribution is -0.0164. The Kier molecular flexibility index (Phi) is 6.05. The second kappa shape index (κ2) is 8.69. The van der Waals surface area contributed by atoms with Crippen LogP contribution in [-0.2, 0) is 10.3 Å². The molecule has 0 bridgehead atoms. The number of nitrogens with one attached hydrogen (secondary N) is 1.